The number of rotatable bonds is 1. The maximum absolute atomic E-state index is 12.9. The van der Waals surface area contributed by atoms with Crippen molar-refractivity contribution in [3.05, 3.63) is 71.1 Å². The molecule has 0 unspecified atom stereocenters. The summed E-state index contributed by atoms with van der Waals surface area (Å²) in [5.74, 6) is 0.178. The molecule has 1 aliphatic heterocycles. The van der Waals surface area contributed by atoms with Crippen molar-refractivity contribution in [2.45, 2.75) is 41.5 Å². The van der Waals surface area contributed by atoms with Crippen molar-refractivity contribution >= 4 is 5.78 Å². The van der Waals surface area contributed by atoms with Gasteiger partial charge in [-0.05, 0) is 46.8 Å². The number of allylic oxidation sites excluding steroid dienone is 10. The van der Waals surface area contributed by atoms with Gasteiger partial charge in [-0.1, -0.05) is 53.7 Å². The van der Waals surface area contributed by atoms with Gasteiger partial charge in [0.25, 0.3) is 0 Å². The van der Waals surface area contributed by atoms with E-state index in [0.29, 0.717) is 0 Å². The number of Topliss-reactive ketones (excluding diaryl/α,β-unsaturated/α-hetero) is 1. The lowest BCUT2D eigenvalue weighted by molar-refractivity contribution is -0.114. The number of carbonyl (C=O) groups is 1. The molecule has 128 valence electrons. The van der Waals surface area contributed by atoms with Gasteiger partial charge in [0, 0.05) is 30.1 Å². The molecule has 24 heavy (non-hydrogen) atoms. The van der Waals surface area contributed by atoms with Crippen molar-refractivity contribution in [1.29, 1.82) is 0 Å². The molecule has 2 heteroatoms. The smallest absolute Gasteiger partial charge is 0.186 e. The standard InChI is InChI=1S/C22H29NO/c1-21(2,3)18-14-16(15-19(20(18)24)22(4,5)6)11-12-17-10-8-9-13-23(17)7/h8-15H,1-7H3/b17-12+. The maximum Gasteiger partial charge on any atom is 0.186 e. The van der Waals surface area contributed by atoms with Gasteiger partial charge in [-0.2, -0.15) is 0 Å². The number of hydrogen-bond acceptors (Lipinski definition) is 2. The largest absolute Gasteiger partial charge is 0.351 e. The van der Waals surface area contributed by atoms with Crippen LogP contribution in [0.15, 0.2) is 71.1 Å². The van der Waals surface area contributed by atoms with Crippen molar-refractivity contribution in [3.8, 4) is 0 Å². The number of carbonyl (C=O) groups excluding carboxylic acids is 1. The molecule has 0 aromatic heterocycles. The Morgan fingerprint density at radius 2 is 1.42 bits per heavy atom. The molecule has 0 radical (unpaired) electrons. The average Bonchev–Trinajstić information content (AvgIpc) is 2.45. The highest BCUT2D eigenvalue weighted by Crippen LogP contribution is 2.38. The Labute approximate surface area is 146 Å². The van der Waals surface area contributed by atoms with E-state index in [1.165, 1.54) is 0 Å². The molecule has 0 spiro atoms. The molecule has 2 nitrogen and oxygen atoms in total. The lowest BCUT2D eigenvalue weighted by Crippen LogP contribution is -2.27. The third-order valence-corrected chi connectivity index (χ3v) is 4.27. The zero-order valence-electron chi connectivity index (χ0n) is 16.0. The van der Waals surface area contributed by atoms with Gasteiger partial charge in [-0.25, -0.2) is 0 Å². The Morgan fingerprint density at radius 1 is 0.875 bits per heavy atom. The maximum atomic E-state index is 12.9. The van der Waals surface area contributed by atoms with E-state index >= 15 is 0 Å². The zero-order valence-corrected chi connectivity index (χ0v) is 16.0. The first-order valence-corrected chi connectivity index (χ1v) is 8.49. The van der Waals surface area contributed by atoms with Crippen LogP contribution in [0.2, 0.25) is 0 Å². The van der Waals surface area contributed by atoms with E-state index in [4.69, 9.17) is 0 Å². The molecular weight excluding hydrogens is 294 g/mol. The summed E-state index contributed by atoms with van der Waals surface area (Å²) in [7, 11) is 2.03. The molecule has 2 aliphatic rings. The molecule has 0 aromatic rings. The second-order valence-corrected chi connectivity index (χ2v) is 8.51. The van der Waals surface area contributed by atoms with Gasteiger partial charge >= 0.3 is 0 Å². The lowest BCUT2D eigenvalue weighted by Gasteiger charge is -2.31. The van der Waals surface area contributed by atoms with Crippen molar-refractivity contribution in [1.82, 2.24) is 4.90 Å². The molecule has 1 heterocycles. The van der Waals surface area contributed by atoms with E-state index in [-0.39, 0.29) is 16.6 Å². The van der Waals surface area contributed by atoms with E-state index in [2.05, 4.69) is 64.7 Å². The highest BCUT2D eigenvalue weighted by molar-refractivity contribution is 6.11. The number of hydrogen-bond donors (Lipinski definition) is 0. The van der Waals surface area contributed by atoms with Crippen LogP contribution in [-0.4, -0.2) is 17.7 Å². The summed E-state index contributed by atoms with van der Waals surface area (Å²) in [6.07, 6.45) is 16.4. The van der Waals surface area contributed by atoms with Gasteiger partial charge in [0.15, 0.2) is 5.78 Å². The molecule has 2 rings (SSSR count). The first kappa shape index (κ1) is 18.3. The van der Waals surface area contributed by atoms with E-state index in [1.807, 2.05) is 37.6 Å². The quantitative estimate of drug-likeness (QED) is 0.649. The van der Waals surface area contributed by atoms with Gasteiger partial charge in [0.1, 0.15) is 0 Å². The zero-order chi connectivity index (χ0) is 18.1. The minimum Gasteiger partial charge on any atom is -0.351 e. The summed E-state index contributed by atoms with van der Waals surface area (Å²) in [5, 5.41) is 0. The van der Waals surface area contributed by atoms with Gasteiger partial charge in [0.2, 0.25) is 0 Å². The fourth-order valence-electron chi connectivity index (χ4n) is 2.75. The number of likely N-dealkylation sites (N-methyl/N-ethyl adjacent to an activating group) is 1. The van der Waals surface area contributed by atoms with E-state index in [0.717, 1.165) is 22.4 Å². The highest BCUT2D eigenvalue weighted by Gasteiger charge is 2.33. The van der Waals surface area contributed by atoms with Crippen LogP contribution < -0.4 is 0 Å². The topological polar surface area (TPSA) is 20.3 Å². The average molecular weight is 323 g/mol. The van der Waals surface area contributed by atoms with Crippen LogP contribution in [0.1, 0.15) is 41.5 Å². The molecular formula is C22H29NO. The lowest BCUT2D eigenvalue weighted by atomic mass is 9.72. The predicted molar refractivity (Wildman–Crippen MR) is 102 cm³/mol. The van der Waals surface area contributed by atoms with Crippen molar-refractivity contribution < 1.29 is 4.79 Å². The van der Waals surface area contributed by atoms with Crippen LogP contribution in [0.25, 0.3) is 0 Å². The third-order valence-electron chi connectivity index (χ3n) is 4.27. The highest BCUT2D eigenvalue weighted by atomic mass is 16.1. The van der Waals surface area contributed by atoms with E-state index in [9.17, 15) is 4.79 Å². The third kappa shape index (κ3) is 4.05. The fourth-order valence-corrected chi connectivity index (χ4v) is 2.75. The predicted octanol–water partition coefficient (Wildman–Crippen LogP) is 5.34. The van der Waals surface area contributed by atoms with Crippen LogP contribution in [0.3, 0.4) is 0 Å². The van der Waals surface area contributed by atoms with Crippen LogP contribution in [0, 0.1) is 10.8 Å². The molecule has 0 bridgehead atoms. The summed E-state index contributed by atoms with van der Waals surface area (Å²) < 4.78 is 0. The van der Waals surface area contributed by atoms with Gasteiger partial charge < -0.3 is 4.90 Å². The van der Waals surface area contributed by atoms with Gasteiger partial charge in [-0.3, -0.25) is 4.79 Å². The van der Waals surface area contributed by atoms with Crippen LogP contribution in [0.4, 0.5) is 0 Å². The molecule has 0 saturated heterocycles. The number of nitrogens with zero attached hydrogens (tertiary/aromatic N) is 1. The normalized spacial score (nSPS) is 20.5. The Morgan fingerprint density at radius 3 is 1.88 bits per heavy atom. The summed E-state index contributed by atoms with van der Waals surface area (Å²) in [6.45, 7) is 12.6. The van der Waals surface area contributed by atoms with Crippen LogP contribution in [-0.2, 0) is 4.79 Å². The first-order valence-electron chi connectivity index (χ1n) is 8.49. The van der Waals surface area contributed by atoms with Crippen molar-refractivity contribution in [3.63, 3.8) is 0 Å². The minimum atomic E-state index is -0.168. The molecule has 0 fully saturated rings. The number of ketones is 1. The summed E-state index contributed by atoms with van der Waals surface area (Å²) in [5.41, 5.74) is 3.63. The van der Waals surface area contributed by atoms with E-state index in [1.54, 1.807) is 0 Å². The Kier molecular flexibility index (Phi) is 4.89. The fraction of sp³-hybridized carbons (Fsp3) is 0.409. The molecule has 1 aliphatic carbocycles. The molecule has 0 atom stereocenters. The summed E-state index contributed by atoms with van der Waals surface area (Å²) in [6, 6.07) is 0. The van der Waals surface area contributed by atoms with Crippen LogP contribution in [0.5, 0.6) is 0 Å². The Hall–Kier alpha value is -2.09. The van der Waals surface area contributed by atoms with Gasteiger partial charge in [-0.15, -0.1) is 0 Å². The monoisotopic (exact) mass is 323 g/mol. The second-order valence-electron chi connectivity index (χ2n) is 8.51. The SMILES string of the molecule is CN1C=CC=C/C1=C\C=C1C=C(C(C)(C)C)C(=O)C(C(C)(C)C)=C1. The molecule has 0 N–H and O–H groups in total. The first-order chi connectivity index (χ1) is 11.0. The Balaban J connectivity index is 2.48. The Bertz CT molecular complexity index is 674. The summed E-state index contributed by atoms with van der Waals surface area (Å²) >= 11 is 0. The molecule has 0 aromatic carbocycles. The minimum absolute atomic E-state index is 0.168. The van der Waals surface area contributed by atoms with Crippen molar-refractivity contribution in [2.24, 2.45) is 10.8 Å². The molecule has 0 saturated carbocycles. The van der Waals surface area contributed by atoms with E-state index < -0.39 is 0 Å². The van der Waals surface area contributed by atoms with Gasteiger partial charge in [0.05, 0.1) is 0 Å². The van der Waals surface area contributed by atoms with Crippen LogP contribution >= 0.6 is 0 Å². The second kappa shape index (κ2) is 6.43. The molecule has 0 amide bonds. The summed E-state index contributed by atoms with van der Waals surface area (Å²) in [4.78, 5) is 15.0. The van der Waals surface area contributed by atoms with Crippen molar-refractivity contribution in [2.75, 3.05) is 7.05 Å².